The summed E-state index contributed by atoms with van der Waals surface area (Å²) in [6, 6.07) is 8.12. The van der Waals surface area contributed by atoms with Crippen LogP contribution in [0.3, 0.4) is 0 Å². The summed E-state index contributed by atoms with van der Waals surface area (Å²) in [5, 5.41) is 21.2. The van der Waals surface area contributed by atoms with E-state index in [1.54, 1.807) is 18.3 Å². The summed E-state index contributed by atoms with van der Waals surface area (Å²) in [5.74, 6) is -0.439. The van der Waals surface area contributed by atoms with Crippen LogP contribution >= 0.6 is 0 Å². The molecule has 0 atom stereocenters. The van der Waals surface area contributed by atoms with E-state index in [1.165, 1.54) is 12.1 Å². The quantitative estimate of drug-likeness (QED) is 0.659. The van der Waals surface area contributed by atoms with Crippen LogP contribution in [0.4, 0.5) is 5.69 Å². The molecular formula is C16H21N3O2. The first-order valence-corrected chi connectivity index (χ1v) is 6.77. The van der Waals surface area contributed by atoms with Gasteiger partial charge in [0.1, 0.15) is 17.4 Å². The van der Waals surface area contributed by atoms with Gasteiger partial charge in [0.05, 0.1) is 0 Å². The van der Waals surface area contributed by atoms with Crippen LogP contribution in [0.5, 0.6) is 5.75 Å². The summed E-state index contributed by atoms with van der Waals surface area (Å²) in [6.07, 6.45) is 1.57. The second kappa shape index (κ2) is 6.80. The minimum Gasteiger partial charge on any atom is -0.508 e. The maximum Gasteiger partial charge on any atom is 0.267 e. The number of phenols is 1. The molecule has 0 aromatic heterocycles. The standard InChI is InChI=1S/C16H21N3O2/c1-5-19(16(2,3)4)11-12(10-17)15(21)18-13-7-6-8-14(20)9-13/h6-9,11,20H,5H2,1-4H3,(H,18,21)/b12-11-. The Labute approximate surface area is 125 Å². The zero-order valence-electron chi connectivity index (χ0n) is 12.8. The highest BCUT2D eigenvalue weighted by Gasteiger charge is 2.19. The molecule has 1 rings (SSSR count). The van der Waals surface area contributed by atoms with Gasteiger partial charge in [-0.3, -0.25) is 4.79 Å². The van der Waals surface area contributed by atoms with Crippen molar-refractivity contribution in [1.29, 1.82) is 5.26 Å². The van der Waals surface area contributed by atoms with E-state index >= 15 is 0 Å². The van der Waals surface area contributed by atoms with E-state index < -0.39 is 5.91 Å². The predicted molar refractivity (Wildman–Crippen MR) is 82.6 cm³/mol. The van der Waals surface area contributed by atoms with Crippen molar-refractivity contribution in [3.8, 4) is 11.8 Å². The van der Waals surface area contributed by atoms with Gasteiger partial charge in [0, 0.05) is 30.0 Å². The van der Waals surface area contributed by atoms with E-state index in [-0.39, 0.29) is 16.9 Å². The van der Waals surface area contributed by atoms with Crippen LogP contribution in [0.1, 0.15) is 27.7 Å². The van der Waals surface area contributed by atoms with Crippen molar-refractivity contribution in [2.24, 2.45) is 0 Å². The molecule has 5 heteroatoms. The monoisotopic (exact) mass is 287 g/mol. The maximum atomic E-state index is 12.1. The summed E-state index contributed by atoms with van der Waals surface area (Å²) >= 11 is 0. The molecule has 0 saturated heterocycles. The lowest BCUT2D eigenvalue weighted by Crippen LogP contribution is -2.37. The lowest BCUT2D eigenvalue weighted by Gasteiger charge is -2.33. The van der Waals surface area contributed by atoms with Gasteiger partial charge < -0.3 is 15.3 Å². The SMILES string of the molecule is CCN(/C=C(/C#N)C(=O)Nc1cccc(O)c1)C(C)(C)C. The molecule has 0 spiro atoms. The Morgan fingerprint density at radius 1 is 1.48 bits per heavy atom. The predicted octanol–water partition coefficient (Wildman–Crippen LogP) is 2.86. The van der Waals surface area contributed by atoms with E-state index in [0.717, 1.165) is 0 Å². The Kier molecular flexibility index (Phi) is 5.37. The van der Waals surface area contributed by atoms with Crippen molar-refractivity contribution in [3.63, 3.8) is 0 Å². The van der Waals surface area contributed by atoms with Gasteiger partial charge in [0.2, 0.25) is 0 Å². The Hall–Kier alpha value is -2.48. The van der Waals surface area contributed by atoms with Gasteiger partial charge in [-0.25, -0.2) is 0 Å². The van der Waals surface area contributed by atoms with Crippen LogP contribution in [0.2, 0.25) is 0 Å². The number of carbonyl (C=O) groups is 1. The normalized spacial score (nSPS) is 11.7. The second-order valence-electron chi connectivity index (χ2n) is 5.62. The Bertz CT molecular complexity index is 580. The highest BCUT2D eigenvalue weighted by Crippen LogP contribution is 2.18. The topological polar surface area (TPSA) is 76.4 Å². The molecule has 0 fully saturated rings. The fraction of sp³-hybridized carbons (Fsp3) is 0.375. The van der Waals surface area contributed by atoms with Gasteiger partial charge in [-0.05, 0) is 39.8 Å². The zero-order chi connectivity index (χ0) is 16.0. The number of hydrogen-bond acceptors (Lipinski definition) is 4. The number of benzene rings is 1. The van der Waals surface area contributed by atoms with E-state index in [1.807, 2.05) is 38.7 Å². The van der Waals surface area contributed by atoms with Crippen LogP contribution in [-0.4, -0.2) is 28.0 Å². The molecule has 0 aliphatic heterocycles. The highest BCUT2D eigenvalue weighted by atomic mass is 16.3. The fourth-order valence-corrected chi connectivity index (χ4v) is 1.84. The summed E-state index contributed by atoms with van der Waals surface area (Å²) in [7, 11) is 0. The molecule has 0 aliphatic carbocycles. The molecule has 112 valence electrons. The van der Waals surface area contributed by atoms with Crippen molar-refractivity contribution in [3.05, 3.63) is 36.0 Å². The number of anilines is 1. The molecule has 0 bridgehead atoms. The number of rotatable bonds is 4. The van der Waals surface area contributed by atoms with Gasteiger partial charge in [-0.2, -0.15) is 5.26 Å². The van der Waals surface area contributed by atoms with Crippen molar-refractivity contribution in [2.75, 3.05) is 11.9 Å². The lowest BCUT2D eigenvalue weighted by atomic mass is 10.1. The van der Waals surface area contributed by atoms with Gasteiger partial charge in [0.25, 0.3) is 5.91 Å². The largest absolute Gasteiger partial charge is 0.508 e. The molecule has 1 aromatic rings. The number of phenolic OH excluding ortho intramolecular Hbond substituents is 1. The maximum absolute atomic E-state index is 12.1. The van der Waals surface area contributed by atoms with Crippen molar-refractivity contribution in [2.45, 2.75) is 33.2 Å². The van der Waals surface area contributed by atoms with Gasteiger partial charge in [0.15, 0.2) is 0 Å². The Morgan fingerprint density at radius 3 is 2.62 bits per heavy atom. The van der Waals surface area contributed by atoms with E-state index in [2.05, 4.69) is 5.32 Å². The first kappa shape index (κ1) is 16.6. The molecule has 0 radical (unpaired) electrons. The third-order valence-corrected chi connectivity index (χ3v) is 2.96. The fourth-order valence-electron chi connectivity index (χ4n) is 1.84. The van der Waals surface area contributed by atoms with E-state index in [9.17, 15) is 15.2 Å². The van der Waals surface area contributed by atoms with Gasteiger partial charge in [-0.15, -0.1) is 0 Å². The third kappa shape index (κ3) is 4.84. The number of nitriles is 1. The number of nitrogens with zero attached hydrogens (tertiary/aromatic N) is 2. The first-order chi connectivity index (χ1) is 9.77. The van der Waals surface area contributed by atoms with Crippen molar-refractivity contribution < 1.29 is 9.90 Å². The van der Waals surface area contributed by atoms with Crippen LogP contribution in [0.25, 0.3) is 0 Å². The van der Waals surface area contributed by atoms with Crippen molar-refractivity contribution >= 4 is 11.6 Å². The summed E-state index contributed by atoms with van der Waals surface area (Å²) in [5.41, 5.74) is 0.289. The van der Waals surface area contributed by atoms with Crippen LogP contribution in [0, 0.1) is 11.3 Å². The van der Waals surface area contributed by atoms with Gasteiger partial charge >= 0.3 is 0 Å². The van der Waals surface area contributed by atoms with E-state index in [4.69, 9.17) is 0 Å². The second-order valence-corrected chi connectivity index (χ2v) is 5.62. The summed E-state index contributed by atoms with van der Waals surface area (Å²) < 4.78 is 0. The molecule has 1 amide bonds. The van der Waals surface area contributed by atoms with Crippen LogP contribution in [0.15, 0.2) is 36.0 Å². The molecule has 1 aromatic carbocycles. The van der Waals surface area contributed by atoms with Crippen molar-refractivity contribution in [1.82, 2.24) is 4.90 Å². The summed E-state index contributed by atoms with van der Waals surface area (Å²) in [6.45, 7) is 8.68. The highest BCUT2D eigenvalue weighted by molar-refractivity contribution is 6.06. The zero-order valence-corrected chi connectivity index (χ0v) is 12.8. The minimum absolute atomic E-state index is 0.0233. The van der Waals surface area contributed by atoms with Gasteiger partial charge in [-0.1, -0.05) is 6.07 Å². The number of aromatic hydroxyl groups is 1. The van der Waals surface area contributed by atoms with Crippen LogP contribution < -0.4 is 5.32 Å². The molecule has 21 heavy (non-hydrogen) atoms. The Balaban J connectivity index is 2.94. The third-order valence-electron chi connectivity index (χ3n) is 2.96. The number of amides is 1. The number of hydrogen-bond donors (Lipinski definition) is 2. The minimum atomic E-state index is -0.495. The molecule has 0 aliphatic rings. The smallest absolute Gasteiger partial charge is 0.267 e. The first-order valence-electron chi connectivity index (χ1n) is 6.77. The molecular weight excluding hydrogens is 266 g/mol. The summed E-state index contributed by atoms with van der Waals surface area (Å²) in [4.78, 5) is 14.0. The Morgan fingerprint density at radius 2 is 2.14 bits per heavy atom. The van der Waals surface area contributed by atoms with E-state index in [0.29, 0.717) is 12.2 Å². The lowest BCUT2D eigenvalue weighted by molar-refractivity contribution is -0.112. The average molecular weight is 287 g/mol. The molecule has 0 saturated carbocycles. The molecule has 0 unspecified atom stereocenters. The number of nitrogens with one attached hydrogen (secondary N) is 1. The average Bonchev–Trinajstić information content (AvgIpc) is 2.38. The molecule has 0 heterocycles. The van der Waals surface area contributed by atoms with Crippen LogP contribution in [-0.2, 0) is 4.79 Å². The number of carbonyl (C=O) groups excluding carboxylic acids is 1. The molecule has 5 nitrogen and oxygen atoms in total. The molecule has 2 N–H and O–H groups in total.